The lowest BCUT2D eigenvalue weighted by molar-refractivity contribution is -0.181. The van der Waals surface area contributed by atoms with Crippen molar-refractivity contribution in [3.8, 4) is 0 Å². The molecule has 0 spiro atoms. The number of ketones is 2. The van der Waals surface area contributed by atoms with Gasteiger partial charge in [0.15, 0.2) is 17.2 Å². The van der Waals surface area contributed by atoms with Gasteiger partial charge in [0.1, 0.15) is 0 Å². The van der Waals surface area contributed by atoms with Crippen molar-refractivity contribution in [2.24, 2.45) is 16.7 Å². The summed E-state index contributed by atoms with van der Waals surface area (Å²) in [5.74, 6) is -0.282. The average molecular weight is 386 g/mol. The molecule has 0 aromatic carbocycles. The Morgan fingerprint density at radius 2 is 1.86 bits per heavy atom. The van der Waals surface area contributed by atoms with E-state index >= 15 is 0 Å². The van der Waals surface area contributed by atoms with Crippen molar-refractivity contribution < 1.29 is 24.2 Å². The van der Waals surface area contributed by atoms with E-state index in [1.807, 2.05) is 6.92 Å². The molecule has 4 rings (SSSR count). The van der Waals surface area contributed by atoms with Gasteiger partial charge in [0.2, 0.25) is 0 Å². The molecule has 0 aromatic heterocycles. The molecule has 0 aliphatic heterocycles. The first-order valence-corrected chi connectivity index (χ1v) is 10.4. The predicted molar refractivity (Wildman–Crippen MR) is 103 cm³/mol. The van der Waals surface area contributed by atoms with Crippen LogP contribution in [0.3, 0.4) is 0 Å². The molecule has 152 valence electrons. The third-order valence-corrected chi connectivity index (χ3v) is 8.25. The molecule has 1 saturated carbocycles. The summed E-state index contributed by atoms with van der Waals surface area (Å²) in [6.45, 7) is 7.02. The largest absolute Gasteiger partial charge is 0.451 e. The zero-order chi connectivity index (χ0) is 20.5. The summed E-state index contributed by atoms with van der Waals surface area (Å²) in [7, 11) is 0. The van der Waals surface area contributed by atoms with Crippen molar-refractivity contribution in [2.45, 2.75) is 84.3 Å². The second-order valence-corrected chi connectivity index (χ2v) is 9.61. The van der Waals surface area contributed by atoms with Crippen molar-refractivity contribution in [1.29, 1.82) is 0 Å². The summed E-state index contributed by atoms with van der Waals surface area (Å²) >= 11 is 0. The molecule has 1 N–H and O–H groups in total. The van der Waals surface area contributed by atoms with E-state index in [2.05, 4.69) is 6.92 Å². The van der Waals surface area contributed by atoms with Crippen LogP contribution in [0.5, 0.6) is 0 Å². The van der Waals surface area contributed by atoms with E-state index in [-0.39, 0.29) is 22.9 Å². The van der Waals surface area contributed by atoms with E-state index in [4.69, 9.17) is 4.74 Å². The highest BCUT2D eigenvalue weighted by atomic mass is 16.6. The van der Waals surface area contributed by atoms with E-state index < -0.39 is 23.1 Å². The minimum atomic E-state index is -1.16. The normalized spacial score (nSPS) is 42.3. The first-order chi connectivity index (χ1) is 13.0. The SMILES string of the molecule is CC(=O)O[C@]1(C(C)=O)CC[C@H]2C3=C(C(O)C[C@@]21C)[C@@]1(C)CCC(=O)C=C1CC3. The Labute approximate surface area is 166 Å². The van der Waals surface area contributed by atoms with Crippen LogP contribution in [-0.4, -0.2) is 34.3 Å². The maximum Gasteiger partial charge on any atom is 0.303 e. The van der Waals surface area contributed by atoms with Gasteiger partial charge in [-0.05, 0) is 63.0 Å². The zero-order valence-electron chi connectivity index (χ0n) is 17.3. The fourth-order valence-corrected chi connectivity index (χ4v) is 6.98. The van der Waals surface area contributed by atoms with Crippen molar-refractivity contribution in [1.82, 2.24) is 0 Å². The monoisotopic (exact) mass is 386 g/mol. The first-order valence-electron chi connectivity index (χ1n) is 10.4. The predicted octanol–water partition coefficient (Wildman–Crippen LogP) is 3.44. The molecule has 5 heteroatoms. The van der Waals surface area contributed by atoms with Gasteiger partial charge >= 0.3 is 5.97 Å². The van der Waals surface area contributed by atoms with Crippen molar-refractivity contribution in [2.75, 3.05) is 0 Å². The van der Waals surface area contributed by atoms with E-state index in [0.717, 1.165) is 36.8 Å². The van der Waals surface area contributed by atoms with Crippen LogP contribution in [-0.2, 0) is 19.1 Å². The number of allylic oxidation sites excluding steroid dienone is 3. The lowest BCUT2D eigenvalue weighted by Crippen LogP contribution is -2.57. The van der Waals surface area contributed by atoms with Crippen molar-refractivity contribution in [3.05, 3.63) is 22.8 Å². The number of carbonyl (C=O) groups excluding carboxylic acids is 3. The van der Waals surface area contributed by atoms with Gasteiger partial charge in [-0.2, -0.15) is 0 Å². The van der Waals surface area contributed by atoms with Gasteiger partial charge in [-0.25, -0.2) is 0 Å². The van der Waals surface area contributed by atoms with Crippen LogP contribution >= 0.6 is 0 Å². The third-order valence-electron chi connectivity index (χ3n) is 8.25. The Morgan fingerprint density at radius 1 is 1.14 bits per heavy atom. The summed E-state index contributed by atoms with van der Waals surface area (Å²) < 4.78 is 5.73. The molecule has 4 aliphatic rings. The lowest BCUT2D eigenvalue weighted by Gasteiger charge is -2.54. The molecule has 0 radical (unpaired) electrons. The molecule has 5 atom stereocenters. The summed E-state index contributed by atoms with van der Waals surface area (Å²) in [4.78, 5) is 36.6. The summed E-state index contributed by atoms with van der Waals surface area (Å²) in [5, 5.41) is 11.3. The highest BCUT2D eigenvalue weighted by Crippen LogP contribution is 2.66. The van der Waals surface area contributed by atoms with E-state index in [1.54, 1.807) is 6.08 Å². The quantitative estimate of drug-likeness (QED) is 0.581. The van der Waals surface area contributed by atoms with Gasteiger partial charge in [-0.15, -0.1) is 0 Å². The highest BCUT2D eigenvalue weighted by Gasteiger charge is 2.66. The number of aliphatic hydroxyl groups excluding tert-OH is 1. The maximum atomic E-state index is 12.7. The topological polar surface area (TPSA) is 80.7 Å². The molecular formula is C23H30O5. The van der Waals surface area contributed by atoms with Crippen LogP contribution < -0.4 is 0 Å². The van der Waals surface area contributed by atoms with E-state index in [1.165, 1.54) is 19.4 Å². The molecule has 0 heterocycles. The summed E-state index contributed by atoms with van der Waals surface area (Å²) in [6, 6.07) is 0. The molecule has 0 bridgehead atoms. The van der Waals surface area contributed by atoms with Crippen molar-refractivity contribution >= 4 is 17.5 Å². The Balaban J connectivity index is 1.84. The van der Waals surface area contributed by atoms with E-state index in [9.17, 15) is 19.5 Å². The number of rotatable bonds is 2. The molecule has 0 aromatic rings. The minimum absolute atomic E-state index is 0.116. The van der Waals surface area contributed by atoms with Crippen LogP contribution in [0, 0.1) is 16.7 Å². The fraction of sp³-hybridized carbons (Fsp3) is 0.696. The molecule has 0 amide bonds. The number of Topliss-reactive ketones (excluding diaryl/α,β-unsaturated/α-hetero) is 1. The lowest BCUT2D eigenvalue weighted by atomic mass is 9.52. The van der Waals surface area contributed by atoms with E-state index in [0.29, 0.717) is 19.3 Å². The standard InChI is InChI=1S/C23H30O5/c1-13(24)23(28-14(2)25)10-8-18-17-6-5-15-11-16(26)7-9-21(15,3)20(17)19(27)12-22(18,23)4/h11,18-19,27H,5-10,12H2,1-4H3/t18-,19?,21-,22-,23-/m0/s1. The second-order valence-electron chi connectivity index (χ2n) is 9.61. The number of hydrogen-bond acceptors (Lipinski definition) is 5. The van der Waals surface area contributed by atoms with Crippen LogP contribution in [0.25, 0.3) is 0 Å². The van der Waals surface area contributed by atoms with Crippen molar-refractivity contribution in [3.63, 3.8) is 0 Å². The molecular weight excluding hydrogens is 356 g/mol. The van der Waals surface area contributed by atoms with Gasteiger partial charge < -0.3 is 9.84 Å². The maximum absolute atomic E-state index is 12.7. The van der Waals surface area contributed by atoms with Gasteiger partial charge in [0, 0.05) is 24.2 Å². The third kappa shape index (κ3) is 2.38. The summed E-state index contributed by atoms with van der Waals surface area (Å²) in [6.07, 6.45) is 5.66. The average Bonchev–Trinajstić information content (AvgIpc) is 2.88. The smallest absolute Gasteiger partial charge is 0.303 e. The number of hydrogen-bond donors (Lipinski definition) is 1. The highest BCUT2D eigenvalue weighted by molar-refractivity contribution is 5.92. The minimum Gasteiger partial charge on any atom is -0.451 e. The van der Waals surface area contributed by atoms with Crippen LogP contribution in [0.1, 0.15) is 72.6 Å². The summed E-state index contributed by atoms with van der Waals surface area (Å²) in [5.41, 5.74) is 1.41. The molecule has 0 saturated heterocycles. The van der Waals surface area contributed by atoms with Gasteiger partial charge in [0.05, 0.1) is 6.10 Å². The molecule has 5 nitrogen and oxygen atoms in total. The Kier molecular flexibility index (Phi) is 4.28. The fourth-order valence-electron chi connectivity index (χ4n) is 6.98. The zero-order valence-corrected chi connectivity index (χ0v) is 17.3. The molecule has 4 aliphatic carbocycles. The number of esters is 1. The van der Waals surface area contributed by atoms with Crippen LogP contribution in [0.15, 0.2) is 22.8 Å². The van der Waals surface area contributed by atoms with Crippen LogP contribution in [0.4, 0.5) is 0 Å². The Hall–Kier alpha value is -1.75. The molecule has 1 fully saturated rings. The van der Waals surface area contributed by atoms with Gasteiger partial charge in [-0.3, -0.25) is 14.4 Å². The first kappa shape index (κ1) is 19.6. The molecule has 1 unspecified atom stereocenters. The Morgan fingerprint density at radius 3 is 2.50 bits per heavy atom. The molecule has 28 heavy (non-hydrogen) atoms. The number of fused-ring (bicyclic) bond motifs is 4. The van der Waals surface area contributed by atoms with Gasteiger partial charge in [-0.1, -0.05) is 25.0 Å². The number of aliphatic hydroxyl groups is 1. The number of carbonyl (C=O) groups is 3. The van der Waals surface area contributed by atoms with Crippen LogP contribution in [0.2, 0.25) is 0 Å². The Bertz CT molecular complexity index is 836. The number of ether oxygens (including phenoxy) is 1. The second kappa shape index (κ2) is 6.12. The van der Waals surface area contributed by atoms with Gasteiger partial charge in [0.25, 0.3) is 0 Å².